The third-order valence-corrected chi connectivity index (χ3v) is 7.55. The number of sulfonamides is 1. The molecule has 1 atom stereocenters. The number of carbonyl (C=O) groups excluding carboxylic acids is 2. The van der Waals surface area contributed by atoms with Gasteiger partial charge in [-0.05, 0) is 30.7 Å². The summed E-state index contributed by atoms with van der Waals surface area (Å²) in [6.07, 6.45) is 1.14. The second-order valence-electron chi connectivity index (χ2n) is 9.31. The highest BCUT2D eigenvalue weighted by atomic mass is 32.2. The van der Waals surface area contributed by atoms with Crippen LogP contribution in [-0.2, 0) is 32.6 Å². The van der Waals surface area contributed by atoms with Crippen LogP contribution in [0.25, 0.3) is 0 Å². The summed E-state index contributed by atoms with van der Waals surface area (Å²) in [5, 5.41) is 2.76. The Morgan fingerprint density at radius 3 is 2.33 bits per heavy atom. The lowest BCUT2D eigenvalue weighted by molar-refractivity contribution is -0.140. The topological polar surface area (TPSA) is 105 Å². The maximum Gasteiger partial charge on any atom is 0.244 e. The largest absolute Gasteiger partial charge is 0.486 e. The lowest BCUT2D eigenvalue weighted by Crippen LogP contribution is -2.53. The SMILES string of the molecule is CCNC(=O)C(Cc1ccccc1)N(Cc1ccccc1F)C(=O)CN(c1ccc2c(c1)OCCO2)S(C)(=O)=O. The van der Waals surface area contributed by atoms with E-state index in [0.717, 1.165) is 16.1 Å². The Kier molecular flexibility index (Phi) is 9.26. The summed E-state index contributed by atoms with van der Waals surface area (Å²) in [6, 6.07) is 18.7. The Bertz CT molecular complexity index is 1450. The third-order valence-electron chi connectivity index (χ3n) is 6.41. The highest BCUT2D eigenvalue weighted by molar-refractivity contribution is 7.92. The van der Waals surface area contributed by atoms with E-state index in [9.17, 15) is 22.4 Å². The molecule has 2 amide bonds. The molecule has 11 heteroatoms. The van der Waals surface area contributed by atoms with E-state index in [1.54, 1.807) is 19.1 Å². The molecule has 0 saturated heterocycles. The van der Waals surface area contributed by atoms with Gasteiger partial charge in [-0.1, -0.05) is 48.5 Å². The first-order chi connectivity index (χ1) is 19.2. The number of likely N-dealkylation sites (N-methyl/N-ethyl adjacent to an activating group) is 1. The first kappa shape index (κ1) is 28.9. The monoisotopic (exact) mass is 569 g/mol. The van der Waals surface area contributed by atoms with Gasteiger partial charge in [0, 0.05) is 31.1 Å². The van der Waals surface area contributed by atoms with Gasteiger partial charge in [0.1, 0.15) is 31.6 Å². The molecule has 1 heterocycles. The average Bonchev–Trinajstić information content (AvgIpc) is 2.94. The summed E-state index contributed by atoms with van der Waals surface area (Å²) in [6.45, 7) is 1.90. The van der Waals surface area contributed by atoms with Gasteiger partial charge in [-0.25, -0.2) is 12.8 Å². The number of ether oxygens (including phenoxy) is 2. The number of fused-ring (bicyclic) bond motifs is 1. The molecule has 0 aliphatic carbocycles. The van der Waals surface area contributed by atoms with E-state index < -0.39 is 40.2 Å². The number of halogens is 1. The Hall–Kier alpha value is -4.12. The molecule has 9 nitrogen and oxygen atoms in total. The molecular weight excluding hydrogens is 537 g/mol. The number of amides is 2. The molecule has 0 saturated carbocycles. The number of carbonyl (C=O) groups is 2. The molecule has 0 fully saturated rings. The summed E-state index contributed by atoms with van der Waals surface area (Å²) in [4.78, 5) is 28.5. The normalized spacial score (nSPS) is 13.3. The summed E-state index contributed by atoms with van der Waals surface area (Å²) >= 11 is 0. The zero-order valence-corrected chi connectivity index (χ0v) is 23.2. The molecule has 1 aliphatic rings. The number of rotatable bonds is 11. The number of nitrogens with zero attached hydrogens (tertiary/aromatic N) is 2. The van der Waals surface area contributed by atoms with Gasteiger partial charge in [-0.15, -0.1) is 0 Å². The van der Waals surface area contributed by atoms with Gasteiger partial charge >= 0.3 is 0 Å². The predicted molar refractivity (Wildman–Crippen MR) is 149 cm³/mol. The molecule has 40 heavy (non-hydrogen) atoms. The van der Waals surface area contributed by atoms with Crippen LogP contribution in [0, 0.1) is 5.82 Å². The van der Waals surface area contributed by atoms with Crippen LogP contribution in [0.15, 0.2) is 72.8 Å². The minimum Gasteiger partial charge on any atom is -0.486 e. The van der Waals surface area contributed by atoms with Crippen LogP contribution in [0.5, 0.6) is 11.5 Å². The van der Waals surface area contributed by atoms with Crippen molar-refractivity contribution >= 4 is 27.5 Å². The van der Waals surface area contributed by atoms with Crippen molar-refractivity contribution in [2.45, 2.75) is 25.9 Å². The first-order valence-electron chi connectivity index (χ1n) is 12.9. The molecule has 4 rings (SSSR count). The predicted octanol–water partition coefficient (Wildman–Crippen LogP) is 3.14. The number of hydrogen-bond acceptors (Lipinski definition) is 6. The molecular formula is C29H32FN3O6S. The molecule has 1 unspecified atom stereocenters. The smallest absolute Gasteiger partial charge is 0.244 e. The van der Waals surface area contributed by atoms with Crippen molar-refractivity contribution in [1.29, 1.82) is 0 Å². The first-order valence-corrected chi connectivity index (χ1v) is 14.7. The second-order valence-corrected chi connectivity index (χ2v) is 11.2. The van der Waals surface area contributed by atoms with Gasteiger partial charge < -0.3 is 19.7 Å². The summed E-state index contributed by atoms with van der Waals surface area (Å²) in [5.74, 6) is -0.814. The van der Waals surface area contributed by atoms with Gasteiger partial charge in [0.2, 0.25) is 21.8 Å². The van der Waals surface area contributed by atoms with Crippen LogP contribution in [-0.4, -0.2) is 63.7 Å². The number of benzene rings is 3. The van der Waals surface area contributed by atoms with Crippen LogP contribution in [0.2, 0.25) is 0 Å². The Morgan fingerprint density at radius 2 is 1.65 bits per heavy atom. The standard InChI is InChI=1S/C29H32FN3O6S/c1-3-31-29(35)25(17-21-9-5-4-6-10-21)32(19-22-11-7-8-12-24(22)30)28(34)20-33(40(2,36)37)23-13-14-26-27(18-23)39-16-15-38-26/h4-14,18,25H,3,15-17,19-20H2,1-2H3,(H,31,35). The summed E-state index contributed by atoms with van der Waals surface area (Å²) in [5.41, 5.74) is 1.18. The summed E-state index contributed by atoms with van der Waals surface area (Å²) in [7, 11) is -3.95. The fourth-order valence-electron chi connectivity index (χ4n) is 4.46. The second kappa shape index (κ2) is 12.8. The van der Waals surface area contributed by atoms with Crippen molar-refractivity contribution in [2.75, 3.05) is 36.9 Å². The maximum absolute atomic E-state index is 14.8. The van der Waals surface area contributed by atoms with Gasteiger partial charge in [0.15, 0.2) is 11.5 Å². The van der Waals surface area contributed by atoms with E-state index in [2.05, 4.69) is 5.32 Å². The molecule has 0 bridgehead atoms. The van der Waals surface area contributed by atoms with Crippen LogP contribution >= 0.6 is 0 Å². The van der Waals surface area contributed by atoms with Crippen LogP contribution < -0.4 is 19.1 Å². The lowest BCUT2D eigenvalue weighted by atomic mass is 10.0. The van der Waals surface area contributed by atoms with Crippen molar-refractivity contribution < 1.29 is 31.9 Å². The lowest BCUT2D eigenvalue weighted by Gasteiger charge is -2.33. The quantitative estimate of drug-likeness (QED) is 0.381. The highest BCUT2D eigenvalue weighted by Gasteiger charge is 2.33. The number of anilines is 1. The minimum absolute atomic E-state index is 0.149. The summed E-state index contributed by atoms with van der Waals surface area (Å²) < 4.78 is 52.7. The third kappa shape index (κ3) is 7.09. The Morgan fingerprint density at radius 1 is 0.975 bits per heavy atom. The van der Waals surface area contributed by atoms with E-state index >= 15 is 0 Å². The molecule has 212 valence electrons. The van der Waals surface area contributed by atoms with Gasteiger partial charge in [-0.2, -0.15) is 0 Å². The molecule has 1 N–H and O–H groups in total. The van der Waals surface area contributed by atoms with Crippen LogP contribution in [0.3, 0.4) is 0 Å². The van der Waals surface area contributed by atoms with E-state index in [1.807, 2.05) is 30.3 Å². The average molecular weight is 570 g/mol. The molecule has 0 spiro atoms. The van der Waals surface area contributed by atoms with Crippen molar-refractivity contribution in [3.63, 3.8) is 0 Å². The van der Waals surface area contributed by atoms with Crippen molar-refractivity contribution in [3.8, 4) is 11.5 Å². The Labute approximate surface area is 233 Å². The molecule has 0 radical (unpaired) electrons. The van der Waals surface area contributed by atoms with E-state index in [1.165, 1.54) is 35.2 Å². The van der Waals surface area contributed by atoms with E-state index in [-0.39, 0.29) is 24.2 Å². The molecule has 3 aromatic carbocycles. The van der Waals surface area contributed by atoms with E-state index in [4.69, 9.17) is 9.47 Å². The van der Waals surface area contributed by atoms with Crippen LogP contribution in [0.1, 0.15) is 18.1 Å². The minimum atomic E-state index is -3.95. The van der Waals surface area contributed by atoms with Gasteiger partial charge in [-0.3, -0.25) is 13.9 Å². The Balaban J connectivity index is 1.72. The highest BCUT2D eigenvalue weighted by Crippen LogP contribution is 2.34. The van der Waals surface area contributed by atoms with Gasteiger partial charge in [0.25, 0.3) is 0 Å². The zero-order chi connectivity index (χ0) is 28.7. The van der Waals surface area contributed by atoms with Crippen LogP contribution in [0.4, 0.5) is 10.1 Å². The molecule has 0 aromatic heterocycles. The van der Waals surface area contributed by atoms with Crippen molar-refractivity contribution in [3.05, 3.63) is 89.7 Å². The number of nitrogens with one attached hydrogen (secondary N) is 1. The number of hydrogen-bond donors (Lipinski definition) is 1. The fourth-order valence-corrected chi connectivity index (χ4v) is 5.30. The molecule has 1 aliphatic heterocycles. The zero-order valence-electron chi connectivity index (χ0n) is 22.4. The maximum atomic E-state index is 14.8. The van der Waals surface area contributed by atoms with E-state index in [0.29, 0.717) is 31.3 Å². The van der Waals surface area contributed by atoms with Crippen molar-refractivity contribution in [1.82, 2.24) is 10.2 Å². The van der Waals surface area contributed by atoms with Crippen molar-refractivity contribution in [2.24, 2.45) is 0 Å². The fraction of sp³-hybridized carbons (Fsp3) is 0.310. The van der Waals surface area contributed by atoms with Gasteiger partial charge in [0.05, 0.1) is 11.9 Å². The molecule has 3 aromatic rings.